The summed E-state index contributed by atoms with van der Waals surface area (Å²) in [6, 6.07) is 7.62. The van der Waals surface area contributed by atoms with Crippen LogP contribution < -0.4 is 5.32 Å². The number of carbonyl (C=O) groups excluding carboxylic acids is 2. The van der Waals surface area contributed by atoms with Crippen molar-refractivity contribution in [2.75, 3.05) is 11.9 Å². The van der Waals surface area contributed by atoms with Gasteiger partial charge in [0, 0.05) is 12.2 Å². The standard InChI is InChI=1S/C21H30N2O3/c1-21(2,3)26-20(25)23-14-6-4-5-7-18(23)19(24)22-17-12-10-16(11-13-17)15-8-9-15/h10-13,15,18H,4-9,14H2,1-3H3,(H,22,24)/t18-/m1/s1. The van der Waals surface area contributed by atoms with Crippen molar-refractivity contribution >= 4 is 17.7 Å². The zero-order valence-corrected chi connectivity index (χ0v) is 16.1. The lowest BCUT2D eigenvalue weighted by molar-refractivity contribution is -0.121. The highest BCUT2D eigenvalue weighted by atomic mass is 16.6. The van der Waals surface area contributed by atoms with E-state index in [1.165, 1.54) is 18.4 Å². The van der Waals surface area contributed by atoms with Gasteiger partial charge in [0.2, 0.25) is 5.91 Å². The predicted molar refractivity (Wildman–Crippen MR) is 102 cm³/mol. The number of hydrogen-bond acceptors (Lipinski definition) is 3. The molecule has 5 heteroatoms. The first-order valence-electron chi connectivity index (χ1n) is 9.74. The molecule has 0 unspecified atom stereocenters. The fourth-order valence-electron chi connectivity index (χ4n) is 3.40. The summed E-state index contributed by atoms with van der Waals surface area (Å²) in [4.78, 5) is 27.1. The third kappa shape index (κ3) is 4.99. The summed E-state index contributed by atoms with van der Waals surface area (Å²) in [6.45, 7) is 6.10. The lowest BCUT2D eigenvalue weighted by Crippen LogP contribution is -2.48. The second-order valence-corrected chi connectivity index (χ2v) is 8.42. The van der Waals surface area contributed by atoms with Gasteiger partial charge in [0.05, 0.1) is 0 Å². The van der Waals surface area contributed by atoms with Crippen molar-refractivity contribution in [1.29, 1.82) is 0 Å². The highest BCUT2D eigenvalue weighted by Gasteiger charge is 2.34. The molecule has 1 heterocycles. The van der Waals surface area contributed by atoms with Crippen molar-refractivity contribution in [3.05, 3.63) is 29.8 Å². The first-order valence-corrected chi connectivity index (χ1v) is 9.74. The van der Waals surface area contributed by atoms with Crippen LogP contribution in [0.4, 0.5) is 10.5 Å². The maximum absolute atomic E-state index is 12.9. The maximum atomic E-state index is 12.9. The van der Waals surface area contributed by atoms with Crippen LogP contribution in [0.2, 0.25) is 0 Å². The van der Waals surface area contributed by atoms with Gasteiger partial charge in [0.15, 0.2) is 0 Å². The van der Waals surface area contributed by atoms with E-state index in [4.69, 9.17) is 4.74 Å². The van der Waals surface area contributed by atoms with Crippen LogP contribution >= 0.6 is 0 Å². The minimum atomic E-state index is -0.566. The van der Waals surface area contributed by atoms with Crippen molar-refractivity contribution in [3.63, 3.8) is 0 Å². The van der Waals surface area contributed by atoms with Gasteiger partial charge in [0.25, 0.3) is 0 Å². The van der Waals surface area contributed by atoms with Crippen molar-refractivity contribution in [2.24, 2.45) is 0 Å². The van der Waals surface area contributed by atoms with Crippen LogP contribution in [0.15, 0.2) is 24.3 Å². The Kier molecular flexibility index (Phi) is 5.54. The molecule has 1 saturated heterocycles. The Labute approximate surface area is 156 Å². The van der Waals surface area contributed by atoms with Crippen molar-refractivity contribution in [3.8, 4) is 0 Å². The largest absolute Gasteiger partial charge is 0.444 e. The minimum absolute atomic E-state index is 0.128. The van der Waals surface area contributed by atoms with Crippen LogP contribution in [0, 0.1) is 0 Å². The molecule has 0 radical (unpaired) electrons. The SMILES string of the molecule is CC(C)(C)OC(=O)N1CCCCC[C@@H]1C(=O)Nc1ccc(C2CC2)cc1. The molecule has 0 aromatic heterocycles. The molecular weight excluding hydrogens is 328 g/mol. The van der Waals surface area contributed by atoms with Gasteiger partial charge in [-0.2, -0.15) is 0 Å². The Morgan fingerprint density at radius 2 is 1.73 bits per heavy atom. The average Bonchev–Trinajstić information content (AvgIpc) is 3.40. The molecule has 1 atom stereocenters. The van der Waals surface area contributed by atoms with Crippen LogP contribution in [0.25, 0.3) is 0 Å². The Morgan fingerprint density at radius 1 is 1.04 bits per heavy atom. The summed E-state index contributed by atoms with van der Waals surface area (Å²) in [6.07, 6.45) is 5.67. The molecule has 2 aliphatic rings. The zero-order valence-electron chi connectivity index (χ0n) is 16.1. The van der Waals surface area contributed by atoms with Crippen LogP contribution in [-0.2, 0) is 9.53 Å². The Morgan fingerprint density at radius 3 is 2.35 bits per heavy atom. The Bertz CT molecular complexity index is 644. The van der Waals surface area contributed by atoms with Crippen molar-refractivity contribution in [2.45, 2.75) is 76.9 Å². The van der Waals surface area contributed by atoms with E-state index in [2.05, 4.69) is 17.4 Å². The van der Waals surface area contributed by atoms with Gasteiger partial charge in [-0.1, -0.05) is 25.0 Å². The highest BCUT2D eigenvalue weighted by Crippen LogP contribution is 2.40. The van der Waals surface area contributed by atoms with E-state index in [-0.39, 0.29) is 5.91 Å². The number of nitrogens with zero attached hydrogens (tertiary/aromatic N) is 1. The number of ether oxygens (including phenoxy) is 1. The molecule has 26 heavy (non-hydrogen) atoms. The number of nitrogens with one attached hydrogen (secondary N) is 1. The van der Waals surface area contributed by atoms with E-state index < -0.39 is 17.7 Å². The molecule has 2 amide bonds. The summed E-state index contributed by atoms with van der Waals surface area (Å²) in [7, 11) is 0. The average molecular weight is 358 g/mol. The molecule has 142 valence electrons. The molecule has 1 aromatic rings. The lowest BCUT2D eigenvalue weighted by Gasteiger charge is -2.31. The maximum Gasteiger partial charge on any atom is 0.410 e. The van der Waals surface area contributed by atoms with Gasteiger partial charge in [-0.3, -0.25) is 9.69 Å². The molecule has 3 rings (SSSR count). The van der Waals surface area contributed by atoms with Crippen LogP contribution in [0.3, 0.4) is 0 Å². The van der Waals surface area contributed by atoms with E-state index >= 15 is 0 Å². The topological polar surface area (TPSA) is 58.6 Å². The van der Waals surface area contributed by atoms with Gasteiger partial charge in [-0.25, -0.2) is 4.79 Å². The van der Waals surface area contributed by atoms with E-state index in [9.17, 15) is 9.59 Å². The Hall–Kier alpha value is -2.04. The molecule has 1 saturated carbocycles. The Balaban J connectivity index is 1.68. The lowest BCUT2D eigenvalue weighted by atomic mass is 10.1. The van der Waals surface area contributed by atoms with E-state index in [0.717, 1.165) is 24.9 Å². The molecule has 1 N–H and O–H groups in total. The fourth-order valence-corrected chi connectivity index (χ4v) is 3.40. The van der Waals surface area contributed by atoms with Crippen molar-refractivity contribution < 1.29 is 14.3 Å². The zero-order chi connectivity index (χ0) is 18.7. The second-order valence-electron chi connectivity index (χ2n) is 8.42. The fraction of sp³-hybridized carbons (Fsp3) is 0.619. The van der Waals surface area contributed by atoms with Crippen LogP contribution in [0.5, 0.6) is 0 Å². The number of likely N-dealkylation sites (tertiary alicyclic amines) is 1. The first kappa shape index (κ1) is 18.7. The smallest absolute Gasteiger partial charge is 0.410 e. The molecule has 1 aromatic carbocycles. The van der Waals surface area contributed by atoms with Crippen LogP contribution in [-0.4, -0.2) is 35.1 Å². The summed E-state index contributed by atoms with van der Waals surface area (Å²) in [5.41, 5.74) is 1.56. The molecule has 0 bridgehead atoms. The molecule has 2 fully saturated rings. The van der Waals surface area contributed by atoms with E-state index in [1.54, 1.807) is 4.90 Å². The quantitative estimate of drug-likeness (QED) is 0.853. The summed E-state index contributed by atoms with van der Waals surface area (Å²) in [5.74, 6) is 0.571. The first-order chi connectivity index (χ1) is 12.3. The molecular formula is C21H30N2O3. The van der Waals surface area contributed by atoms with Gasteiger partial charge in [-0.05, 0) is 70.1 Å². The van der Waals surface area contributed by atoms with Crippen molar-refractivity contribution in [1.82, 2.24) is 4.90 Å². The van der Waals surface area contributed by atoms with E-state index in [0.29, 0.717) is 18.9 Å². The number of hydrogen-bond donors (Lipinski definition) is 1. The molecule has 1 aliphatic heterocycles. The number of carbonyl (C=O) groups is 2. The summed E-state index contributed by atoms with van der Waals surface area (Å²) < 4.78 is 5.52. The normalized spacial score (nSPS) is 21.0. The number of amides is 2. The molecule has 1 aliphatic carbocycles. The monoisotopic (exact) mass is 358 g/mol. The second kappa shape index (κ2) is 7.68. The van der Waals surface area contributed by atoms with Crippen LogP contribution in [0.1, 0.15) is 70.8 Å². The molecule has 0 spiro atoms. The third-order valence-corrected chi connectivity index (χ3v) is 4.91. The molecule has 5 nitrogen and oxygen atoms in total. The summed E-state index contributed by atoms with van der Waals surface area (Å²) >= 11 is 0. The number of anilines is 1. The summed E-state index contributed by atoms with van der Waals surface area (Å²) in [5, 5.41) is 2.99. The van der Waals surface area contributed by atoms with E-state index in [1.807, 2.05) is 32.9 Å². The number of benzene rings is 1. The van der Waals surface area contributed by atoms with Gasteiger partial charge in [0.1, 0.15) is 11.6 Å². The predicted octanol–water partition coefficient (Wildman–Crippen LogP) is 4.68. The third-order valence-electron chi connectivity index (χ3n) is 4.91. The van der Waals surface area contributed by atoms with Gasteiger partial charge >= 0.3 is 6.09 Å². The van der Waals surface area contributed by atoms with Gasteiger partial charge in [-0.15, -0.1) is 0 Å². The highest BCUT2D eigenvalue weighted by molar-refractivity contribution is 5.96. The van der Waals surface area contributed by atoms with Gasteiger partial charge < -0.3 is 10.1 Å². The minimum Gasteiger partial charge on any atom is -0.444 e. The number of rotatable bonds is 3.